The first-order valence-electron chi connectivity index (χ1n) is 5.45. The molecule has 0 spiro atoms. The molecule has 1 aromatic carbocycles. The van der Waals surface area contributed by atoms with Crippen molar-refractivity contribution in [1.82, 2.24) is 4.98 Å². The Bertz CT molecular complexity index is 691. The molecule has 0 radical (unpaired) electrons. The van der Waals surface area contributed by atoms with E-state index in [4.69, 9.17) is 16.7 Å². The lowest BCUT2D eigenvalue weighted by Crippen LogP contribution is -2.16. The second-order valence-electron chi connectivity index (χ2n) is 3.77. The Morgan fingerprint density at radius 2 is 1.90 bits per heavy atom. The van der Waals surface area contributed by atoms with Crippen LogP contribution in [0, 0.1) is 5.95 Å². The smallest absolute Gasteiger partial charge is 0.339 e. The predicted octanol–water partition coefficient (Wildman–Crippen LogP) is 2.82. The molecule has 20 heavy (non-hydrogen) atoms. The summed E-state index contributed by atoms with van der Waals surface area (Å²) in [5.41, 5.74) is -0.388. The molecule has 0 aliphatic rings. The molecule has 2 rings (SSSR count). The van der Waals surface area contributed by atoms with Gasteiger partial charge in [0.05, 0.1) is 10.7 Å². The Morgan fingerprint density at radius 3 is 2.55 bits per heavy atom. The third-order valence-electron chi connectivity index (χ3n) is 2.42. The van der Waals surface area contributed by atoms with Crippen LogP contribution in [0.25, 0.3) is 0 Å². The van der Waals surface area contributed by atoms with Crippen molar-refractivity contribution in [2.24, 2.45) is 0 Å². The summed E-state index contributed by atoms with van der Waals surface area (Å²) in [6.45, 7) is 0. The van der Waals surface area contributed by atoms with Crippen molar-refractivity contribution in [3.05, 3.63) is 58.6 Å². The molecule has 0 unspecified atom stereocenters. The topological polar surface area (TPSA) is 79.3 Å². The largest absolute Gasteiger partial charge is 0.478 e. The van der Waals surface area contributed by atoms with E-state index in [2.05, 4.69) is 10.3 Å². The molecule has 0 bridgehead atoms. The van der Waals surface area contributed by atoms with Crippen molar-refractivity contribution in [3.8, 4) is 0 Å². The number of nitrogens with zero attached hydrogens (tertiary/aromatic N) is 1. The maximum absolute atomic E-state index is 12.9. The van der Waals surface area contributed by atoms with Crippen LogP contribution in [0.1, 0.15) is 20.8 Å². The van der Waals surface area contributed by atoms with E-state index in [0.717, 1.165) is 6.07 Å². The Kier molecular flexibility index (Phi) is 3.95. The van der Waals surface area contributed by atoms with Gasteiger partial charge in [0, 0.05) is 0 Å². The van der Waals surface area contributed by atoms with E-state index in [1.807, 2.05) is 0 Å². The average molecular weight is 295 g/mol. The molecule has 1 heterocycles. The number of nitrogens with one attached hydrogen (secondary N) is 1. The van der Waals surface area contributed by atoms with E-state index in [0.29, 0.717) is 0 Å². The fourth-order valence-electron chi connectivity index (χ4n) is 1.57. The lowest BCUT2D eigenvalue weighted by atomic mass is 10.1. The third kappa shape index (κ3) is 2.92. The van der Waals surface area contributed by atoms with E-state index in [-0.39, 0.29) is 22.0 Å². The van der Waals surface area contributed by atoms with Crippen molar-refractivity contribution in [2.75, 3.05) is 5.32 Å². The number of carboxylic acid groups (broad SMARTS) is 1. The molecule has 0 atom stereocenters. The highest BCUT2D eigenvalue weighted by Gasteiger charge is 2.17. The van der Waals surface area contributed by atoms with Crippen LogP contribution in [0.2, 0.25) is 5.02 Å². The Morgan fingerprint density at radius 1 is 1.20 bits per heavy atom. The molecule has 0 aliphatic heterocycles. The number of carbonyl (C=O) groups is 2. The van der Waals surface area contributed by atoms with Gasteiger partial charge >= 0.3 is 5.97 Å². The molecule has 102 valence electrons. The maximum Gasteiger partial charge on any atom is 0.339 e. The van der Waals surface area contributed by atoms with Crippen LogP contribution in [-0.2, 0) is 0 Å². The molecule has 7 heteroatoms. The molecule has 2 aromatic rings. The van der Waals surface area contributed by atoms with Gasteiger partial charge in [0.1, 0.15) is 11.3 Å². The molecule has 1 amide bonds. The van der Waals surface area contributed by atoms with E-state index in [9.17, 15) is 14.0 Å². The van der Waals surface area contributed by atoms with E-state index in [1.165, 1.54) is 30.3 Å². The van der Waals surface area contributed by atoms with Gasteiger partial charge in [0.25, 0.3) is 5.91 Å². The van der Waals surface area contributed by atoms with Gasteiger partial charge in [-0.25, -0.2) is 9.78 Å². The quantitative estimate of drug-likeness (QED) is 0.853. The Hall–Kier alpha value is -2.47. The predicted molar refractivity (Wildman–Crippen MR) is 70.6 cm³/mol. The summed E-state index contributed by atoms with van der Waals surface area (Å²) in [4.78, 5) is 26.4. The summed E-state index contributed by atoms with van der Waals surface area (Å²) in [5.74, 6) is -2.81. The lowest BCUT2D eigenvalue weighted by Gasteiger charge is -2.09. The van der Waals surface area contributed by atoms with Crippen LogP contribution < -0.4 is 5.32 Å². The Balaban J connectivity index is 2.33. The van der Waals surface area contributed by atoms with Crippen LogP contribution in [0.15, 0.2) is 36.4 Å². The second-order valence-corrected chi connectivity index (χ2v) is 4.17. The van der Waals surface area contributed by atoms with E-state index in [1.54, 1.807) is 0 Å². The number of carbonyl (C=O) groups excluding carboxylic acids is 1. The van der Waals surface area contributed by atoms with Crippen LogP contribution in [0.4, 0.5) is 10.1 Å². The zero-order valence-corrected chi connectivity index (χ0v) is 10.7. The molecule has 0 aliphatic carbocycles. The van der Waals surface area contributed by atoms with Gasteiger partial charge in [-0.2, -0.15) is 4.39 Å². The van der Waals surface area contributed by atoms with Gasteiger partial charge < -0.3 is 10.4 Å². The minimum absolute atomic E-state index is 0.0116. The normalized spacial score (nSPS) is 10.1. The number of pyridine rings is 1. The van der Waals surface area contributed by atoms with Crippen molar-refractivity contribution < 1.29 is 19.1 Å². The van der Waals surface area contributed by atoms with Gasteiger partial charge in [-0.3, -0.25) is 4.79 Å². The maximum atomic E-state index is 12.9. The zero-order chi connectivity index (χ0) is 14.7. The first-order chi connectivity index (χ1) is 9.49. The first-order valence-corrected chi connectivity index (χ1v) is 5.82. The SMILES string of the molecule is O=C(Nc1cccc(Cl)c1C(=O)O)c1cccc(F)n1. The van der Waals surface area contributed by atoms with Gasteiger partial charge in [0.2, 0.25) is 5.95 Å². The van der Waals surface area contributed by atoms with Crippen molar-refractivity contribution in [3.63, 3.8) is 0 Å². The highest BCUT2D eigenvalue weighted by molar-refractivity contribution is 6.34. The monoisotopic (exact) mass is 294 g/mol. The zero-order valence-electron chi connectivity index (χ0n) is 9.93. The number of carboxylic acids is 1. The molecule has 5 nitrogen and oxygen atoms in total. The fourth-order valence-corrected chi connectivity index (χ4v) is 1.82. The number of hydrogen-bond donors (Lipinski definition) is 2. The summed E-state index contributed by atoms with van der Waals surface area (Å²) in [7, 11) is 0. The summed E-state index contributed by atoms with van der Waals surface area (Å²) in [5, 5.41) is 11.4. The van der Waals surface area contributed by atoms with Crippen molar-refractivity contribution in [2.45, 2.75) is 0 Å². The molecular formula is C13H8ClFN2O3. The number of anilines is 1. The first kappa shape index (κ1) is 14.0. The van der Waals surface area contributed by atoms with Crippen molar-refractivity contribution in [1.29, 1.82) is 0 Å². The second kappa shape index (κ2) is 5.66. The van der Waals surface area contributed by atoms with Crippen LogP contribution >= 0.6 is 11.6 Å². The Labute approximate surface area is 118 Å². The number of aromatic nitrogens is 1. The van der Waals surface area contributed by atoms with Crippen LogP contribution in [0.3, 0.4) is 0 Å². The van der Waals surface area contributed by atoms with E-state index < -0.39 is 17.8 Å². The minimum Gasteiger partial charge on any atom is -0.478 e. The molecule has 0 saturated heterocycles. The number of aromatic carboxylic acids is 1. The van der Waals surface area contributed by atoms with Crippen molar-refractivity contribution >= 4 is 29.2 Å². The number of rotatable bonds is 3. The minimum atomic E-state index is -1.28. The molecule has 1 aromatic heterocycles. The number of amides is 1. The van der Waals surface area contributed by atoms with Crippen LogP contribution in [0.5, 0.6) is 0 Å². The lowest BCUT2D eigenvalue weighted by molar-refractivity contribution is 0.0698. The third-order valence-corrected chi connectivity index (χ3v) is 2.74. The van der Waals surface area contributed by atoms with E-state index >= 15 is 0 Å². The van der Waals surface area contributed by atoms with Crippen LogP contribution in [-0.4, -0.2) is 22.0 Å². The number of halogens is 2. The van der Waals surface area contributed by atoms with Gasteiger partial charge in [-0.15, -0.1) is 0 Å². The highest BCUT2D eigenvalue weighted by Crippen LogP contribution is 2.24. The molecule has 2 N–H and O–H groups in total. The molecule has 0 fully saturated rings. The van der Waals surface area contributed by atoms with Gasteiger partial charge in [-0.1, -0.05) is 23.7 Å². The average Bonchev–Trinajstić information content (AvgIpc) is 2.38. The standard InChI is InChI=1S/C13H8ClFN2O3/c14-7-3-1-4-8(11(7)13(19)20)17-12(18)9-5-2-6-10(15)16-9/h1-6H,(H,17,18)(H,19,20). The summed E-state index contributed by atoms with van der Waals surface area (Å²) in [6.07, 6.45) is 0. The summed E-state index contributed by atoms with van der Waals surface area (Å²) >= 11 is 5.77. The molecular weight excluding hydrogens is 287 g/mol. The van der Waals surface area contributed by atoms with Gasteiger partial charge in [-0.05, 0) is 24.3 Å². The number of hydrogen-bond acceptors (Lipinski definition) is 3. The fraction of sp³-hybridized carbons (Fsp3) is 0. The molecule has 0 saturated carbocycles. The summed E-state index contributed by atoms with van der Waals surface area (Å²) < 4.78 is 12.9. The number of benzene rings is 1. The summed E-state index contributed by atoms with van der Waals surface area (Å²) in [6, 6.07) is 7.99. The van der Waals surface area contributed by atoms with Gasteiger partial charge in [0.15, 0.2) is 0 Å². The highest BCUT2D eigenvalue weighted by atomic mass is 35.5.